The summed E-state index contributed by atoms with van der Waals surface area (Å²) >= 11 is 2.74. The summed E-state index contributed by atoms with van der Waals surface area (Å²) in [5, 5.41) is 20.4. The molecule has 208 valence electrons. The molecule has 41 heavy (non-hydrogen) atoms. The fraction of sp³-hybridized carbons (Fsp3) is 0.226. The van der Waals surface area contributed by atoms with Gasteiger partial charge in [-0.05, 0) is 60.9 Å². The van der Waals surface area contributed by atoms with Crippen LogP contribution in [0.25, 0.3) is 5.76 Å². The van der Waals surface area contributed by atoms with E-state index in [0.717, 1.165) is 16.9 Å². The van der Waals surface area contributed by atoms with Gasteiger partial charge in [0.25, 0.3) is 5.78 Å². The lowest BCUT2D eigenvalue weighted by atomic mass is 9.94. The highest BCUT2D eigenvalue weighted by molar-refractivity contribution is 8.00. The number of carbonyl (C=O) groups excluding carboxylic acids is 2. The zero-order chi connectivity index (χ0) is 28.5. The maximum absolute atomic E-state index is 13.6. The van der Waals surface area contributed by atoms with Gasteiger partial charge in [-0.15, -0.1) is 10.2 Å². The first-order valence-electron chi connectivity index (χ1n) is 13.3. The number of hydrogen-bond donors (Lipinski definition) is 1. The van der Waals surface area contributed by atoms with E-state index in [4.69, 9.17) is 9.47 Å². The van der Waals surface area contributed by atoms with Gasteiger partial charge in [0.15, 0.2) is 4.34 Å². The van der Waals surface area contributed by atoms with Crippen molar-refractivity contribution < 1.29 is 24.2 Å². The molecule has 2 atom stereocenters. The minimum absolute atomic E-state index is 0.00995. The summed E-state index contributed by atoms with van der Waals surface area (Å²) in [6.07, 6.45) is 0.722. The summed E-state index contributed by atoms with van der Waals surface area (Å²) in [4.78, 5) is 28.5. The van der Waals surface area contributed by atoms with Crippen LogP contribution in [0.1, 0.15) is 42.1 Å². The molecule has 3 heterocycles. The summed E-state index contributed by atoms with van der Waals surface area (Å²) < 4.78 is 12.2. The Bertz CT molecular complexity index is 1650. The highest BCUT2D eigenvalue weighted by atomic mass is 32.2. The van der Waals surface area contributed by atoms with Gasteiger partial charge in [-0.3, -0.25) is 14.5 Å². The van der Waals surface area contributed by atoms with Crippen molar-refractivity contribution >= 4 is 45.7 Å². The Morgan fingerprint density at radius 1 is 1.10 bits per heavy atom. The van der Waals surface area contributed by atoms with Crippen LogP contribution in [-0.4, -0.2) is 39.7 Å². The molecule has 0 aliphatic carbocycles. The number of anilines is 1. The highest BCUT2D eigenvalue weighted by Crippen LogP contribution is 2.45. The van der Waals surface area contributed by atoms with E-state index < -0.39 is 17.7 Å². The molecule has 1 aromatic heterocycles. The van der Waals surface area contributed by atoms with Crippen LogP contribution in [0.4, 0.5) is 5.13 Å². The molecule has 1 saturated heterocycles. The van der Waals surface area contributed by atoms with Crippen molar-refractivity contribution in [2.24, 2.45) is 0 Å². The zero-order valence-electron chi connectivity index (χ0n) is 22.4. The number of ether oxygens (including phenoxy) is 2. The van der Waals surface area contributed by atoms with Gasteiger partial charge in [-0.2, -0.15) is 0 Å². The number of thioether (sulfide) groups is 1. The summed E-state index contributed by atoms with van der Waals surface area (Å²) in [5.74, 6) is 0.235. The number of rotatable bonds is 8. The summed E-state index contributed by atoms with van der Waals surface area (Å²) in [5.41, 5.74) is 3.13. The van der Waals surface area contributed by atoms with Gasteiger partial charge < -0.3 is 14.6 Å². The monoisotopic (exact) mass is 585 g/mol. The topological polar surface area (TPSA) is 102 Å². The molecule has 1 N–H and O–H groups in total. The number of nitrogens with zero attached hydrogens (tertiary/aromatic N) is 3. The number of Topliss-reactive ketones (excluding diaryl/α,β-unsaturated/α-hetero) is 1. The fourth-order valence-corrected chi connectivity index (χ4v) is 6.91. The molecule has 1 fully saturated rings. The lowest BCUT2D eigenvalue weighted by Gasteiger charge is -2.23. The number of ketones is 1. The summed E-state index contributed by atoms with van der Waals surface area (Å²) in [7, 11) is 0. The van der Waals surface area contributed by atoms with Crippen LogP contribution in [0.15, 0.2) is 82.7 Å². The van der Waals surface area contributed by atoms with Gasteiger partial charge in [-0.1, -0.05) is 65.6 Å². The van der Waals surface area contributed by atoms with Crippen LogP contribution >= 0.6 is 23.1 Å². The molecule has 8 nitrogen and oxygen atoms in total. The second-order valence-electron chi connectivity index (χ2n) is 9.75. The molecule has 0 unspecified atom stereocenters. The SMILES string of the molecule is CCOc1cccc([C@H]2C(=C(O)c3ccc4c(c3)C[C@@H](C)O4)C(=O)C(=O)N2c2nnc(SCc3ccccc3)s2)c1. The van der Waals surface area contributed by atoms with E-state index in [9.17, 15) is 14.7 Å². The Labute approximate surface area is 245 Å². The average Bonchev–Trinajstić information content (AvgIpc) is 3.67. The van der Waals surface area contributed by atoms with Crippen molar-refractivity contribution in [3.63, 3.8) is 0 Å². The van der Waals surface area contributed by atoms with Gasteiger partial charge in [-0.25, -0.2) is 0 Å². The van der Waals surface area contributed by atoms with Crippen LogP contribution in [0.2, 0.25) is 0 Å². The predicted octanol–water partition coefficient (Wildman–Crippen LogP) is 6.18. The average molecular weight is 586 g/mol. The van der Waals surface area contributed by atoms with Crippen molar-refractivity contribution in [3.05, 3.63) is 101 Å². The van der Waals surface area contributed by atoms with Crippen LogP contribution < -0.4 is 14.4 Å². The van der Waals surface area contributed by atoms with Crippen molar-refractivity contribution in [1.82, 2.24) is 10.2 Å². The number of hydrogen-bond acceptors (Lipinski definition) is 9. The Morgan fingerprint density at radius 3 is 2.73 bits per heavy atom. The van der Waals surface area contributed by atoms with Crippen LogP contribution in [0, 0.1) is 0 Å². The first-order valence-corrected chi connectivity index (χ1v) is 15.1. The van der Waals surface area contributed by atoms with Gasteiger partial charge >= 0.3 is 5.91 Å². The lowest BCUT2D eigenvalue weighted by molar-refractivity contribution is -0.132. The smallest absolute Gasteiger partial charge is 0.301 e. The van der Waals surface area contributed by atoms with Crippen LogP contribution in [-0.2, 0) is 21.8 Å². The van der Waals surface area contributed by atoms with Gasteiger partial charge in [0.2, 0.25) is 5.13 Å². The van der Waals surface area contributed by atoms with Gasteiger partial charge in [0.1, 0.15) is 23.4 Å². The third-order valence-electron chi connectivity index (χ3n) is 6.91. The van der Waals surface area contributed by atoms with Gasteiger partial charge in [0, 0.05) is 17.7 Å². The molecule has 1 amide bonds. The largest absolute Gasteiger partial charge is 0.507 e. The molecule has 2 aliphatic rings. The molecule has 10 heteroatoms. The molecule has 0 spiro atoms. The quantitative estimate of drug-likeness (QED) is 0.0860. The summed E-state index contributed by atoms with van der Waals surface area (Å²) in [6.45, 7) is 4.32. The minimum atomic E-state index is -0.918. The number of benzene rings is 3. The number of amides is 1. The first kappa shape index (κ1) is 27.0. The Morgan fingerprint density at radius 2 is 1.93 bits per heavy atom. The zero-order valence-corrected chi connectivity index (χ0v) is 24.1. The number of aliphatic hydroxyl groups is 1. The van der Waals surface area contributed by atoms with E-state index in [0.29, 0.717) is 40.0 Å². The molecule has 6 rings (SSSR count). The van der Waals surface area contributed by atoms with E-state index in [1.807, 2.05) is 62.4 Å². The summed E-state index contributed by atoms with van der Waals surface area (Å²) in [6, 6.07) is 21.6. The van der Waals surface area contributed by atoms with E-state index in [-0.39, 0.29) is 22.6 Å². The molecular weight excluding hydrogens is 558 g/mol. The molecule has 0 radical (unpaired) electrons. The molecule has 0 saturated carbocycles. The Hall–Kier alpha value is -4.15. The lowest BCUT2D eigenvalue weighted by Crippen LogP contribution is -2.29. The number of aromatic nitrogens is 2. The number of aliphatic hydroxyl groups excluding tert-OH is 1. The molecule has 2 aliphatic heterocycles. The van der Waals surface area contributed by atoms with Crippen LogP contribution in [0.3, 0.4) is 0 Å². The van der Waals surface area contributed by atoms with Crippen molar-refractivity contribution in [2.75, 3.05) is 11.5 Å². The third kappa shape index (κ3) is 5.32. The maximum atomic E-state index is 13.6. The molecule has 3 aromatic carbocycles. The highest BCUT2D eigenvalue weighted by Gasteiger charge is 2.48. The van der Waals surface area contributed by atoms with Crippen molar-refractivity contribution in [3.8, 4) is 11.5 Å². The van der Waals surface area contributed by atoms with E-state index in [2.05, 4.69) is 10.2 Å². The van der Waals surface area contributed by atoms with Crippen LogP contribution in [0.5, 0.6) is 11.5 Å². The van der Waals surface area contributed by atoms with E-state index in [1.165, 1.54) is 28.0 Å². The number of carbonyl (C=O) groups is 2. The normalized spacial score (nSPS) is 19.3. The number of fused-ring (bicyclic) bond motifs is 1. The standard InChI is InChI=1S/C31H27N3O5S2/c1-3-38-23-11-7-10-20(16-23)26-25(27(35)21-12-13-24-22(15-21)14-18(2)39-24)28(36)29(37)34(26)30-32-33-31(41-30)40-17-19-8-5-4-6-9-19/h4-13,15-16,18,26,35H,3,14,17H2,1-2H3/t18-,26+/m1/s1. The van der Waals surface area contributed by atoms with Crippen molar-refractivity contribution in [2.45, 2.75) is 42.5 Å². The molecule has 0 bridgehead atoms. The van der Waals surface area contributed by atoms with E-state index >= 15 is 0 Å². The molecule has 4 aromatic rings. The Kier molecular flexibility index (Phi) is 7.51. The van der Waals surface area contributed by atoms with Gasteiger partial charge in [0.05, 0.1) is 18.2 Å². The molecular formula is C31H27N3O5S2. The second-order valence-corrected chi connectivity index (χ2v) is 11.9. The minimum Gasteiger partial charge on any atom is -0.507 e. The van der Waals surface area contributed by atoms with E-state index in [1.54, 1.807) is 24.3 Å². The first-order chi connectivity index (χ1) is 19.9. The predicted molar refractivity (Wildman–Crippen MR) is 159 cm³/mol. The Balaban J connectivity index is 1.41. The van der Waals surface area contributed by atoms with Crippen molar-refractivity contribution in [1.29, 1.82) is 0 Å². The third-order valence-corrected chi connectivity index (χ3v) is 9.03. The maximum Gasteiger partial charge on any atom is 0.301 e. The second kappa shape index (κ2) is 11.4. The fourth-order valence-electron chi connectivity index (χ4n) is 5.09.